The molecule has 2 fully saturated rings. The van der Waals surface area contributed by atoms with Crippen LogP contribution in [0.3, 0.4) is 0 Å². The predicted octanol–water partition coefficient (Wildman–Crippen LogP) is 1.67. The van der Waals surface area contributed by atoms with Gasteiger partial charge in [-0.3, -0.25) is 4.79 Å². The maximum Gasteiger partial charge on any atom is 0.159 e. The molecule has 0 aromatic heterocycles. The minimum atomic E-state index is 0.304. The molecule has 0 N–H and O–H groups in total. The highest BCUT2D eigenvalue weighted by Crippen LogP contribution is 2.36. The number of likely N-dealkylation sites (tertiary alicyclic amines) is 1. The summed E-state index contributed by atoms with van der Waals surface area (Å²) < 4.78 is 0. The number of allylic oxidation sites excluding steroid dienone is 1. The highest BCUT2D eigenvalue weighted by molar-refractivity contribution is 5.90. The Bertz CT molecular complexity index is 377. The topological polar surface area (TPSA) is 23.6 Å². The van der Waals surface area contributed by atoms with Crippen molar-refractivity contribution in [1.29, 1.82) is 0 Å². The van der Waals surface area contributed by atoms with Crippen LogP contribution in [0.2, 0.25) is 0 Å². The molecule has 98 valence electrons. The van der Waals surface area contributed by atoms with E-state index in [-0.39, 0.29) is 0 Å². The van der Waals surface area contributed by atoms with Gasteiger partial charge in [0.25, 0.3) is 0 Å². The van der Waals surface area contributed by atoms with Gasteiger partial charge in [-0.1, -0.05) is 6.08 Å². The maximum absolute atomic E-state index is 11.6. The molecule has 0 spiro atoms. The van der Waals surface area contributed by atoms with Gasteiger partial charge in [-0.05, 0) is 30.8 Å². The Hall–Kier alpha value is -1.09. The van der Waals surface area contributed by atoms with Gasteiger partial charge in [-0.15, -0.1) is 6.58 Å². The van der Waals surface area contributed by atoms with Crippen LogP contribution in [0.1, 0.15) is 19.3 Å². The molecule has 3 aliphatic rings. The summed E-state index contributed by atoms with van der Waals surface area (Å²) in [5.74, 6) is 1.76. The van der Waals surface area contributed by atoms with Crippen molar-refractivity contribution in [3.8, 4) is 0 Å². The molecule has 0 radical (unpaired) electrons. The summed E-state index contributed by atoms with van der Waals surface area (Å²) in [6, 6.07) is 0.463. The summed E-state index contributed by atoms with van der Waals surface area (Å²) in [6.07, 6.45) is 8.91. The molecule has 18 heavy (non-hydrogen) atoms. The monoisotopic (exact) mass is 246 g/mol. The standard InChI is InChI=1S/C15H22N2O/c1-2-3-5-16-9-12-7-13(11-16)15-8-14(18)4-6-17(15)10-12/h2,4,6,12-13,15H,1,3,5,7-11H2. The van der Waals surface area contributed by atoms with E-state index < -0.39 is 0 Å². The van der Waals surface area contributed by atoms with Crippen LogP contribution in [0.5, 0.6) is 0 Å². The lowest BCUT2D eigenvalue weighted by molar-refractivity contribution is -0.118. The number of hydrogen-bond donors (Lipinski definition) is 0. The Morgan fingerprint density at radius 1 is 1.39 bits per heavy atom. The van der Waals surface area contributed by atoms with Gasteiger partial charge in [-0.2, -0.15) is 0 Å². The highest BCUT2D eigenvalue weighted by Gasteiger charge is 2.41. The Kier molecular flexibility index (Phi) is 3.25. The van der Waals surface area contributed by atoms with Gasteiger partial charge in [0.05, 0.1) is 0 Å². The SMILES string of the molecule is C=CCCN1CC2CC(C1)C1CC(=O)C=CN1C2. The number of carbonyl (C=O) groups is 1. The van der Waals surface area contributed by atoms with Crippen LogP contribution in [-0.4, -0.2) is 47.8 Å². The lowest BCUT2D eigenvalue weighted by atomic mass is 9.77. The van der Waals surface area contributed by atoms with Crippen molar-refractivity contribution in [3.63, 3.8) is 0 Å². The summed E-state index contributed by atoms with van der Waals surface area (Å²) in [7, 11) is 0. The normalized spacial score (nSPS) is 35.4. The second-order valence-electron chi connectivity index (χ2n) is 5.95. The Morgan fingerprint density at radius 2 is 2.28 bits per heavy atom. The zero-order valence-corrected chi connectivity index (χ0v) is 10.9. The fourth-order valence-electron chi connectivity index (χ4n) is 3.83. The van der Waals surface area contributed by atoms with Gasteiger partial charge < -0.3 is 9.80 Å². The van der Waals surface area contributed by atoms with Crippen LogP contribution in [0.25, 0.3) is 0 Å². The van der Waals surface area contributed by atoms with Crippen molar-refractivity contribution in [1.82, 2.24) is 9.80 Å². The molecular formula is C15H22N2O. The predicted molar refractivity (Wildman–Crippen MR) is 72.1 cm³/mol. The van der Waals surface area contributed by atoms with Gasteiger partial charge in [0.15, 0.2) is 5.78 Å². The first-order chi connectivity index (χ1) is 8.76. The summed E-state index contributed by atoms with van der Waals surface area (Å²) >= 11 is 0. The molecule has 2 saturated heterocycles. The van der Waals surface area contributed by atoms with E-state index in [2.05, 4.69) is 16.4 Å². The molecule has 0 amide bonds. The minimum Gasteiger partial charge on any atom is -0.373 e. The van der Waals surface area contributed by atoms with Crippen LogP contribution in [0, 0.1) is 11.8 Å². The van der Waals surface area contributed by atoms with Crippen LogP contribution in [0.4, 0.5) is 0 Å². The molecule has 2 bridgehead atoms. The number of piperidine rings is 2. The van der Waals surface area contributed by atoms with Gasteiger partial charge in [0, 0.05) is 44.8 Å². The third kappa shape index (κ3) is 2.24. The van der Waals surface area contributed by atoms with Gasteiger partial charge in [0.2, 0.25) is 0 Å². The lowest BCUT2D eigenvalue weighted by Gasteiger charge is -2.51. The van der Waals surface area contributed by atoms with Crippen LogP contribution < -0.4 is 0 Å². The Labute approximate surface area is 109 Å². The molecule has 3 heterocycles. The fraction of sp³-hybridized carbons (Fsp3) is 0.667. The molecule has 3 rings (SSSR count). The molecule has 3 heteroatoms. The van der Waals surface area contributed by atoms with Crippen molar-refractivity contribution < 1.29 is 4.79 Å². The van der Waals surface area contributed by atoms with Crippen LogP contribution in [-0.2, 0) is 4.79 Å². The van der Waals surface area contributed by atoms with Crippen molar-refractivity contribution in [3.05, 3.63) is 24.9 Å². The number of rotatable bonds is 3. The first-order valence-corrected chi connectivity index (χ1v) is 7.06. The van der Waals surface area contributed by atoms with Crippen molar-refractivity contribution in [2.75, 3.05) is 26.2 Å². The average Bonchev–Trinajstić information content (AvgIpc) is 2.37. The lowest BCUT2D eigenvalue weighted by Crippen LogP contribution is -2.57. The fourth-order valence-corrected chi connectivity index (χ4v) is 3.83. The van der Waals surface area contributed by atoms with Gasteiger partial charge in [-0.25, -0.2) is 0 Å². The van der Waals surface area contributed by atoms with E-state index in [1.54, 1.807) is 6.08 Å². The number of nitrogens with zero attached hydrogens (tertiary/aromatic N) is 2. The molecule has 3 nitrogen and oxygen atoms in total. The molecule has 0 aliphatic carbocycles. The zero-order chi connectivity index (χ0) is 12.5. The van der Waals surface area contributed by atoms with Gasteiger partial charge in [0.1, 0.15) is 0 Å². The second kappa shape index (κ2) is 4.88. The smallest absolute Gasteiger partial charge is 0.159 e. The molecule has 3 atom stereocenters. The van der Waals surface area contributed by atoms with Crippen molar-refractivity contribution >= 4 is 5.78 Å². The van der Waals surface area contributed by atoms with E-state index in [4.69, 9.17) is 0 Å². The Balaban J connectivity index is 1.70. The number of fused-ring (bicyclic) bond motifs is 4. The number of carbonyl (C=O) groups excluding carboxylic acids is 1. The van der Waals surface area contributed by atoms with Crippen LogP contribution >= 0.6 is 0 Å². The second-order valence-corrected chi connectivity index (χ2v) is 5.95. The zero-order valence-electron chi connectivity index (χ0n) is 10.9. The summed E-state index contributed by atoms with van der Waals surface area (Å²) in [6.45, 7) is 8.45. The average molecular weight is 246 g/mol. The summed E-state index contributed by atoms with van der Waals surface area (Å²) in [5, 5.41) is 0. The molecule has 0 saturated carbocycles. The van der Waals surface area contributed by atoms with E-state index in [0.29, 0.717) is 17.7 Å². The number of ketones is 1. The minimum absolute atomic E-state index is 0.304. The first kappa shape index (κ1) is 12.0. The van der Waals surface area contributed by atoms with Crippen molar-refractivity contribution in [2.45, 2.75) is 25.3 Å². The molecule has 0 aromatic carbocycles. The van der Waals surface area contributed by atoms with Crippen LogP contribution in [0.15, 0.2) is 24.9 Å². The summed E-state index contributed by atoms with van der Waals surface area (Å²) in [5.41, 5.74) is 0. The first-order valence-electron chi connectivity index (χ1n) is 7.06. The van der Waals surface area contributed by atoms with Crippen molar-refractivity contribution in [2.24, 2.45) is 11.8 Å². The Morgan fingerprint density at radius 3 is 3.11 bits per heavy atom. The molecule has 3 unspecified atom stereocenters. The third-order valence-electron chi connectivity index (χ3n) is 4.60. The number of hydrogen-bond acceptors (Lipinski definition) is 3. The van der Waals surface area contributed by atoms with Gasteiger partial charge >= 0.3 is 0 Å². The molecular weight excluding hydrogens is 224 g/mol. The summed E-state index contributed by atoms with van der Waals surface area (Å²) in [4.78, 5) is 16.6. The quantitative estimate of drug-likeness (QED) is 0.708. The molecule has 3 aliphatic heterocycles. The maximum atomic E-state index is 11.6. The third-order valence-corrected chi connectivity index (χ3v) is 4.60. The largest absolute Gasteiger partial charge is 0.373 e. The van der Waals surface area contributed by atoms with E-state index in [0.717, 1.165) is 38.4 Å². The molecule has 0 aromatic rings. The van der Waals surface area contributed by atoms with E-state index in [9.17, 15) is 4.79 Å². The van der Waals surface area contributed by atoms with E-state index in [1.165, 1.54) is 13.0 Å². The van der Waals surface area contributed by atoms with E-state index in [1.807, 2.05) is 12.3 Å². The van der Waals surface area contributed by atoms with E-state index >= 15 is 0 Å². The highest BCUT2D eigenvalue weighted by atomic mass is 16.1.